The molecule has 40 atom stereocenters. The highest BCUT2D eigenvalue weighted by Crippen LogP contribution is 2.51. The van der Waals surface area contributed by atoms with Gasteiger partial charge in [0.1, 0.15) is 78.3 Å². The van der Waals surface area contributed by atoms with E-state index in [1.165, 1.54) is 0 Å². The quantitative estimate of drug-likeness (QED) is 0.0375. The van der Waals surface area contributed by atoms with Crippen molar-refractivity contribution >= 4 is 23.8 Å². The van der Waals surface area contributed by atoms with E-state index in [0.717, 1.165) is 24.0 Å². The molecule has 0 radical (unpaired) electrons. The first kappa shape index (κ1) is 99.4. The molecule has 0 aromatic rings. The van der Waals surface area contributed by atoms with Gasteiger partial charge in [0.2, 0.25) is 11.8 Å². The molecule has 12 aliphatic heterocycles. The normalized spacial score (nSPS) is 47.7. The van der Waals surface area contributed by atoms with Crippen molar-refractivity contribution in [3.8, 4) is 0 Å². The zero-order valence-corrected chi connectivity index (χ0v) is 79.1. The van der Waals surface area contributed by atoms with E-state index in [2.05, 4.69) is 76.5 Å². The molecule has 2 amide bonds. The molecule has 8 fully saturated rings. The van der Waals surface area contributed by atoms with Gasteiger partial charge < -0.3 is 126 Å². The number of carbonyl (C=O) groups excluding carboxylic acids is 4. The molecule has 14 aliphatic rings. The number of hydrogen-bond donors (Lipinski definition) is 6. The van der Waals surface area contributed by atoms with Gasteiger partial charge in [-0.2, -0.15) is 0 Å². The van der Waals surface area contributed by atoms with Gasteiger partial charge in [-0.15, -0.1) is 0 Å². The zero-order valence-electron chi connectivity index (χ0n) is 79.1. The predicted molar refractivity (Wildman–Crippen MR) is 471 cm³/mol. The van der Waals surface area contributed by atoms with Crippen LogP contribution in [0.15, 0.2) is 119 Å². The van der Waals surface area contributed by atoms with Crippen molar-refractivity contribution in [3.05, 3.63) is 119 Å². The number of ether oxygens (including phenoxy) is 20. The number of hydrogen-bond acceptors (Lipinski definition) is 28. The monoisotopic (exact) mass is 1810 g/mol. The van der Waals surface area contributed by atoms with E-state index in [1.807, 2.05) is 91.8 Å². The number of amides is 2. The van der Waals surface area contributed by atoms with Crippen molar-refractivity contribution in [1.29, 1.82) is 0 Å². The highest BCUT2D eigenvalue weighted by Gasteiger charge is 2.63. The number of esters is 2. The van der Waals surface area contributed by atoms with E-state index >= 15 is 0 Å². The number of carbonyl (C=O) groups is 4. The topological polar surface area (TPSA) is 358 Å². The number of aliphatic hydroxyl groups excluding tert-OH is 2. The second kappa shape index (κ2) is 41.9. The Hall–Kier alpha value is -5.60. The Morgan fingerprint density at radius 2 is 0.837 bits per heavy atom. The van der Waals surface area contributed by atoms with Crippen LogP contribution in [0, 0.1) is 47.3 Å². The van der Waals surface area contributed by atoms with Crippen LogP contribution >= 0.6 is 0 Å². The van der Waals surface area contributed by atoms with Crippen LogP contribution in [0.5, 0.6) is 0 Å². The molecule has 129 heavy (non-hydrogen) atoms. The summed E-state index contributed by atoms with van der Waals surface area (Å²) in [5.41, 5.74) is -0.130. The SMILES string of the molecule is CCC(C)[C@H]1O[C@]2(C=C[C@@H]1C)C[C@@H]1C[C@@H](C/C=C(\C)[C@@H](O[C@H]3C[C@H](OC)[C@@H](O[C@H]4C[C@H](OC)[C@H](NC(=O)CC(=O)N[C@@H]5[C@H](C)O[C@@H](O[C@H]6[C@H](C)O[C@@H](O[C@@H]7/C(C)=C/C[C@@H]8C[C@@H](C[C@]9(C=C[C@H](C)[C@@H](C(C)CC)O9)O8)OC(=O)[C@@H]8C=C(C)[C@@H](O)[C@H]9OC/C(=C\C=C\[C@@H]7C)[C@]98O)C[C@@H]6OC)C[C@@H]5OC)[C@H](C)O4)[C@H](C)O3)[C@@H](C)/C=C/C=C3\CO[C@@H]4[C@H](O)C(C)=C[C@@H](C(=O)O1)[C@]34O)O2. The van der Waals surface area contributed by atoms with Crippen LogP contribution < -0.4 is 10.6 Å². The van der Waals surface area contributed by atoms with Crippen molar-refractivity contribution in [2.24, 2.45) is 47.3 Å². The molecular formula is C99H146N2O28. The van der Waals surface area contributed by atoms with E-state index < -0.39 is 224 Å². The average Bonchev–Trinajstić information content (AvgIpc) is 1.61. The Kier molecular flexibility index (Phi) is 32.3. The lowest BCUT2D eigenvalue weighted by Crippen LogP contribution is -2.60. The molecule has 2 spiro atoms. The second-order valence-electron chi connectivity index (χ2n) is 39.3. The van der Waals surface area contributed by atoms with Crippen LogP contribution in [-0.2, 0) is 114 Å². The number of methoxy groups -OCH3 is 4. The molecule has 30 heteroatoms. The third-order valence-corrected chi connectivity index (χ3v) is 30.1. The van der Waals surface area contributed by atoms with Crippen molar-refractivity contribution in [1.82, 2.24) is 10.6 Å². The number of aliphatic hydroxyl groups is 4. The fraction of sp³-hybridized carbons (Fsp3) is 0.758. The van der Waals surface area contributed by atoms with Crippen molar-refractivity contribution < 1.29 is 134 Å². The van der Waals surface area contributed by atoms with Gasteiger partial charge in [-0.25, -0.2) is 0 Å². The summed E-state index contributed by atoms with van der Waals surface area (Å²) in [5.74, 6) is -6.94. The van der Waals surface area contributed by atoms with Crippen LogP contribution in [0.3, 0.4) is 0 Å². The smallest absolute Gasteiger partial charge is 0.316 e. The van der Waals surface area contributed by atoms with Gasteiger partial charge in [0.05, 0.1) is 111 Å². The average molecular weight is 1810 g/mol. The Morgan fingerprint density at radius 1 is 0.473 bits per heavy atom. The highest BCUT2D eigenvalue weighted by molar-refractivity contribution is 5.97. The lowest BCUT2D eigenvalue weighted by molar-refractivity contribution is -0.312. The molecule has 30 nitrogen and oxygen atoms in total. The lowest BCUT2D eigenvalue weighted by Gasteiger charge is -2.48. The van der Waals surface area contributed by atoms with Crippen LogP contribution in [0.4, 0.5) is 0 Å². The maximum absolute atomic E-state index is 14.6. The fourth-order valence-corrected chi connectivity index (χ4v) is 22.2. The Labute approximate surface area is 761 Å². The molecule has 14 rings (SSSR count). The van der Waals surface area contributed by atoms with E-state index in [4.69, 9.17) is 94.7 Å². The minimum absolute atomic E-state index is 0.0187. The molecular weight excluding hydrogens is 1670 g/mol. The molecule has 8 saturated heterocycles. The second-order valence-corrected chi connectivity index (χ2v) is 39.3. The number of rotatable bonds is 20. The minimum Gasteiger partial charge on any atom is -0.462 e. The molecule has 4 bridgehead atoms. The summed E-state index contributed by atoms with van der Waals surface area (Å²) in [6, 6.07) is -1.35. The number of nitrogens with one attached hydrogen (secondary N) is 2. The van der Waals surface area contributed by atoms with E-state index in [1.54, 1.807) is 66.6 Å². The first-order valence-electron chi connectivity index (χ1n) is 47.4. The number of allylic oxidation sites excluding steroid dienone is 4. The fourth-order valence-electron chi connectivity index (χ4n) is 22.2. The van der Waals surface area contributed by atoms with E-state index in [-0.39, 0.29) is 99.5 Å². The summed E-state index contributed by atoms with van der Waals surface area (Å²) >= 11 is 0. The van der Waals surface area contributed by atoms with E-state index in [0.29, 0.717) is 48.0 Å². The minimum atomic E-state index is -1.90. The molecule has 2 aliphatic carbocycles. The first-order chi connectivity index (χ1) is 61.4. The standard InChI is InChI=1S/C99H146N2O28/c1-21-50(3)88-56(9)33-35-96(128-88)46-68-39-66(126-96)31-29-54(7)86(52(5)25-23-27-64-48-114-92-84(104)58(11)37-70(94(106)120-68)98(64,92)108)122-80-43-74(112-19)90(62(15)118-80)124-78-41-72(110-17)82(60(13)116-78)100-76(102)45-77(103)101-83-61(14)117-79(42-73(83)111-18)125-91-63(16)119-81(44-75(91)113-20)123-87-53(6)26-24-28-65-49-115-93-85(105)59(12)38-71(99(65,93)109)95(107)121-69-40-67(32-30-55(87)8)127-97(47-69)36-34-57(10)89(129-97)51(4)22-2/h23-30,33-38,50-53,56-57,60-63,66-75,78-93,104-105,108-109H,21-22,31-32,39-49H2,1-20H3,(H,100,102)(H,101,103)/b25-23+,26-24+,54-29+,55-30+,64-27+,65-28+/t50?,51?,52-,53-,56-,57-,60-,61-,62-,63-,66+,67+,68-,69-,70-,71-,72-,73-,74-,75-,78-,79-,80-,81-,82+,83+,84+,85+,86-,87-,88+,89+,90-,91-,92+,93+,96+,97+,98+,99+/m0/s1. The third kappa shape index (κ3) is 21.3. The Balaban J connectivity index is 0.580. The molecule has 720 valence electrons. The van der Waals surface area contributed by atoms with Gasteiger partial charge in [-0.05, 0) is 126 Å². The van der Waals surface area contributed by atoms with Crippen molar-refractivity contribution in [2.75, 3.05) is 41.7 Å². The highest BCUT2D eigenvalue weighted by atomic mass is 16.8. The Bertz CT molecular complexity index is 3970. The summed E-state index contributed by atoms with van der Waals surface area (Å²) in [6.45, 7) is 31.9. The number of fused-ring (bicyclic) bond motifs is 4. The maximum Gasteiger partial charge on any atom is 0.316 e. The molecule has 6 N–H and O–H groups in total. The van der Waals surface area contributed by atoms with E-state index in [9.17, 15) is 39.6 Å². The van der Waals surface area contributed by atoms with Crippen LogP contribution in [-0.4, -0.2) is 280 Å². The van der Waals surface area contributed by atoms with Gasteiger partial charge >= 0.3 is 11.9 Å². The molecule has 0 saturated carbocycles. The van der Waals surface area contributed by atoms with Crippen LogP contribution in [0.1, 0.15) is 194 Å². The van der Waals surface area contributed by atoms with Crippen molar-refractivity contribution in [2.45, 2.75) is 389 Å². The summed E-state index contributed by atoms with van der Waals surface area (Å²) < 4.78 is 132. The van der Waals surface area contributed by atoms with Gasteiger partial charge in [0, 0.05) is 103 Å². The van der Waals surface area contributed by atoms with Gasteiger partial charge in [0.25, 0.3) is 0 Å². The van der Waals surface area contributed by atoms with Crippen LogP contribution in [0.25, 0.3) is 0 Å². The summed E-state index contributed by atoms with van der Waals surface area (Å²) in [6.07, 6.45) is 13.8. The van der Waals surface area contributed by atoms with Crippen molar-refractivity contribution in [3.63, 3.8) is 0 Å². The first-order valence-corrected chi connectivity index (χ1v) is 47.4. The lowest BCUT2D eigenvalue weighted by atomic mass is 9.71. The maximum atomic E-state index is 14.6. The van der Waals surface area contributed by atoms with Crippen LogP contribution in [0.2, 0.25) is 0 Å². The molecule has 0 aromatic carbocycles. The molecule has 0 aromatic heterocycles. The molecule has 12 heterocycles. The summed E-state index contributed by atoms with van der Waals surface area (Å²) in [4.78, 5) is 57.3. The Morgan fingerprint density at radius 3 is 1.21 bits per heavy atom. The molecule has 2 unspecified atom stereocenters. The summed E-state index contributed by atoms with van der Waals surface area (Å²) in [5, 5.41) is 54.4. The largest absolute Gasteiger partial charge is 0.462 e. The third-order valence-electron chi connectivity index (χ3n) is 30.1. The summed E-state index contributed by atoms with van der Waals surface area (Å²) in [7, 11) is 6.35. The predicted octanol–water partition coefficient (Wildman–Crippen LogP) is 10.4. The zero-order chi connectivity index (χ0) is 92.6. The van der Waals surface area contributed by atoms with Gasteiger partial charge in [0.15, 0.2) is 36.7 Å². The van der Waals surface area contributed by atoms with Gasteiger partial charge in [-0.3, -0.25) is 19.2 Å². The van der Waals surface area contributed by atoms with Gasteiger partial charge in [-0.1, -0.05) is 141 Å².